The lowest BCUT2D eigenvalue weighted by Crippen LogP contribution is -2.33. The van der Waals surface area contributed by atoms with Gasteiger partial charge in [0.2, 0.25) is 5.91 Å². The first-order chi connectivity index (χ1) is 12.1. The first-order valence-electron chi connectivity index (χ1n) is 8.35. The van der Waals surface area contributed by atoms with Crippen LogP contribution in [0.3, 0.4) is 0 Å². The fourth-order valence-electron chi connectivity index (χ4n) is 3.05. The Morgan fingerprint density at radius 3 is 2.88 bits per heavy atom. The van der Waals surface area contributed by atoms with E-state index in [0.717, 1.165) is 29.3 Å². The van der Waals surface area contributed by atoms with Gasteiger partial charge in [-0.15, -0.1) is 0 Å². The number of thioether (sulfide) groups is 1. The van der Waals surface area contributed by atoms with Gasteiger partial charge in [0.25, 0.3) is 0 Å². The number of H-pyrrole nitrogens is 1. The number of para-hydroxylation sites is 1. The van der Waals surface area contributed by atoms with Crippen LogP contribution in [0.2, 0.25) is 0 Å². The highest BCUT2D eigenvalue weighted by Gasteiger charge is 2.36. The second-order valence-corrected chi connectivity index (χ2v) is 7.97. The Labute approximate surface area is 155 Å². The number of unbranched alkanes of at least 4 members (excludes halogenated alkanes) is 2. The number of aliphatic carboxylic acids is 1. The third-order valence-corrected chi connectivity index (χ3v) is 5.94. The molecule has 7 heteroatoms. The van der Waals surface area contributed by atoms with Gasteiger partial charge >= 0.3 is 5.97 Å². The number of benzene rings is 1. The number of amides is 1. The van der Waals surface area contributed by atoms with Crippen molar-refractivity contribution in [3.8, 4) is 0 Å². The molecule has 5 nitrogen and oxygen atoms in total. The Bertz CT molecular complexity index is 802. The molecule has 0 radical (unpaired) electrons. The first kappa shape index (κ1) is 17.9. The summed E-state index contributed by atoms with van der Waals surface area (Å²) in [7, 11) is 0. The van der Waals surface area contributed by atoms with Crippen molar-refractivity contribution in [1.29, 1.82) is 0 Å². The van der Waals surface area contributed by atoms with Crippen LogP contribution < -0.4 is 0 Å². The second-order valence-electron chi connectivity index (χ2n) is 6.13. The summed E-state index contributed by atoms with van der Waals surface area (Å²) in [6.07, 6.45) is 5.00. The Hall–Kier alpha value is -1.86. The van der Waals surface area contributed by atoms with E-state index in [9.17, 15) is 9.59 Å². The molecular weight excluding hydrogens is 356 g/mol. The number of hydrogen-bond donors (Lipinski definition) is 2. The maximum atomic E-state index is 12.7. The molecule has 132 valence electrons. The van der Waals surface area contributed by atoms with E-state index in [1.165, 1.54) is 11.8 Å². The van der Waals surface area contributed by atoms with E-state index in [-0.39, 0.29) is 17.6 Å². The highest BCUT2D eigenvalue weighted by molar-refractivity contribution is 8.24. The minimum atomic E-state index is -0.776. The summed E-state index contributed by atoms with van der Waals surface area (Å²) in [5.74, 6) is -0.708. The van der Waals surface area contributed by atoms with E-state index in [1.54, 1.807) is 4.90 Å². The summed E-state index contributed by atoms with van der Waals surface area (Å²) in [5, 5.41) is 9.62. The summed E-state index contributed by atoms with van der Waals surface area (Å²) >= 11 is 6.83. The lowest BCUT2D eigenvalue weighted by atomic mass is 10.1. The highest BCUT2D eigenvalue weighted by Crippen LogP contribution is 2.32. The van der Waals surface area contributed by atoms with Crippen molar-refractivity contribution in [2.24, 2.45) is 0 Å². The number of carboxylic acids is 1. The fraction of sp³-hybridized carbons (Fsp3) is 0.389. The van der Waals surface area contributed by atoms with Crippen molar-refractivity contribution in [2.45, 2.75) is 37.4 Å². The van der Waals surface area contributed by atoms with Crippen LogP contribution in [0.1, 0.15) is 31.2 Å². The van der Waals surface area contributed by atoms with Crippen LogP contribution >= 0.6 is 24.0 Å². The molecule has 1 unspecified atom stereocenters. The Morgan fingerprint density at radius 2 is 2.08 bits per heavy atom. The molecule has 0 aliphatic carbocycles. The average Bonchev–Trinajstić information content (AvgIpc) is 3.10. The molecule has 2 heterocycles. The topological polar surface area (TPSA) is 73.4 Å². The number of aromatic amines is 1. The molecule has 1 fully saturated rings. The van der Waals surface area contributed by atoms with E-state index in [4.69, 9.17) is 17.3 Å². The summed E-state index contributed by atoms with van der Waals surface area (Å²) in [6.45, 7) is 0.578. The summed E-state index contributed by atoms with van der Waals surface area (Å²) in [4.78, 5) is 28.1. The molecule has 1 aliphatic rings. The van der Waals surface area contributed by atoms with Gasteiger partial charge in [0.15, 0.2) is 0 Å². The van der Waals surface area contributed by atoms with Gasteiger partial charge in [-0.3, -0.25) is 14.5 Å². The number of rotatable bonds is 8. The van der Waals surface area contributed by atoms with E-state index < -0.39 is 5.97 Å². The van der Waals surface area contributed by atoms with E-state index in [2.05, 4.69) is 11.1 Å². The van der Waals surface area contributed by atoms with Gasteiger partial charge in [0.1, 0.15) is 4.32 Å². The molecule has 0 spiro atoms. The predicted molar refractivity (Wildman–Crippen MR) is 104 cm³/mol. The molecule has 1 aliphatic heterocycles. The molecule has 1 aromatic heterocycles. The molecule has 1 aromatic carbocycles. The SMILES string of the molecule is O=C(O)CCCCCN1C(=O)C(Cc2c[nH]c3ccccc23)SC1=S. The fourth-order valence-corrected chi connectivity index (χ4v) is 4.63. The quantitative estimate of drug-likeness (QED) is 0.544. The molecule has 1 amide bonds. The summed E-state index contributed by atoms with van der Waals surface area (Å²) < 4.78 is 0.632. The molecule has 3 rings (SSSR count). The van der Waals surface area contributed by atoms with Crippen LogP contribution in [0, 0.1) is 0 Å². The van der Waals surface area contributed by atoms with Gasteiger partial charge in [-0.1, -0.05) is 48.6 Å². The number of fused-ring (bicyclic) bond motifs is 1. The van der Waals surface area contributed by atoms with Crippen molar-refractivity contribution in [3.05, 3.63) is 36.0 Å². The molecule has 2 aromatic rings. The van der Waals surface area contributed by atoms with Gasteiger partial charge in [-0.25, -0.2) is 0 Å². The number of thiocarbonyl (C=S) groups is 1. The third-order valence-electron chi connectivity index (χ3n) is 4.36. The van der Waals surface area contributed by atoms with Crippen molar-refractivity contribution in [2.75, 3.05) is 6.54 Å². The lowest BCUT2D eigenvalue weighted by molar-refractivity contribution is -0.137. The van der Waals surface area contributed by atoms with Gasteiger partial charge in [-0.2, -0.15) is 0 Å². The van der Waals surface area contributed by atoms with Crippen molar-refractivity contribution in [1.82, 2.24) is 9.88 Å². The predicted octanol–water partition coefficient (Wildman–Crippen LogP) is 3.58. The number of nitrogens with one attached hydrogen (secondary N) is 1. The molecule has 1 saturated heterocycles. The third kappa shape index (κ3) is 4.22. The normalized spacial score (nSPS) is 17.6. The largest absolute Gasteiger partial charge is 0.481 e. The Balaban J connectivity index is 1.56. The highest BCUT2D eigenvalue weighted by atomic mass is 32.2. The monoisotopic (exact) mass is 376 g/mol. The zero-order chi connectivity index (χ0) is 17.8. The van der Waals surface area contributed by atoms with Crippen LogP contribution in [0.4, 0.5) is 0 Å². The Morgan fingerprint density at radius 1 is 1.28 bits per heavy atom. The maximum Gasteiger partial charge on any atom is 0.303 e. The van der Waals surface area contributed by atoms with Crippen LogP contribution in [0.15, 0.2) is 30.5 Å². The van der Waals surface area contributed by atoms with Crippen LogP contribution in [-0.2, 0) is 16.0 Å². The van der Waals surface area contributed by atoms with Gasteiger partial charge in [-0.05, 0) is 30.9 Å². The zero-order valence-electron chi connectivity index (χ0n) is 13.7. The van der Waals surface area contributed by atoms with Crippen LogP contribution in [-0.4, -0.2) is 43.0 Å². The smallest absolute Gasteiger partial charge is 0.303 e. The maximum absolute atomic E-state index is 12.7. The zero-order valence-corrected chi connectivity index (χ0v) is 15.4. The minimum Gasteiger partial charge on any atom is -0.481 e. The molecule has 0 saturated carbocycles. The van der Waals surface area contributed by atoms with Crippen LogP contribution in [0.5, 0.6) is 0 Å². The summed E-state index contributed by atoms with van der Waals surface area (Å²) in [5.41, 5.74) is 2.21. The second kappa shape index (κ2) is 8.01. The number of carboxylic acid groups (broad SMARTS) is 1. The van der Waals surface area contributed by atoms with Gasteiger partial charge in [0, 0.05) is 30.1 Å². The lowest BCUT2D eigenvalue weighted by Gasteiger charge is -2.15. The van der Waals surface area contributed by atoms with E-state index in [1.807, 2.05) is 24.4 Å². The molecule has 1 atom stereocenters. The number of aromatic nitrogens is 1. The van der Waals surface area contributed by atoms with Crippen molar-refractivity contribution in [3.63, 3.8) is 0 Å². The molecule has 2 N–H and O–H groups in total. The standard InChI is InChI=1S/C18H20N2O3S2/c21-16(22)8-2-1-5-9-20-17(23)15(25-18(20)24)10-12-11-19-14-7-4-3-6-13(12)14/h3-4,6-7,11,15,19H,1-2,5,8-10H2,(H,21,22). The average molecular weight is 377 g/mol. The molecular formula is C18H20N2O3S2. The van der Waals surface area contributed by atoms with E-state index in [0.29, 0.717) is 23.7 Å². The van der Waals surface area contributed by atoms with Crippen LogP contribution in [0.25, 0.3) is 10.9 Å². The minimum absolute atomic E-state index is 0.0681. The molecule has 0 bridgehead atoms. The first-order valence-corrected chi connectivity index (χ1v) is 9.64. The van der Waals surface area contributed by atoms with Crippen molar-refractivity contribution >= 4 is 51.1 Å². The summed E-state index contributed by atoms with van der Waals surface area (Å²) in [6, 6.07) is 8.07. The number of carbonyl (C=O) groups excluding carboxylic acids is 1. The number of carbonyl (C=O) groups is 2. The van der Waals surface area contributed by atoms with Crippen molar-refractivity contribution < 1.29 is 14.7 Å². The van der Waals surface area contributed by atoms with E-state index >= 15 is 0 Å². The number of hydrogen-bond acceptors (Lipinski definition) is 4. The van der Waals surface area contributed by atoms with Gasteiger partial charge in [0.05, 0.1) is 5.25 Å². The van der Waals surface area contributed by atoms with Gasteiger partial charge < -0.3 is 10.1 Å². The Kier molecular flexibility index (Phi) is 5.75. The number of nitrogens with zero attached hydrogens (tertiary/aromatic N) is 1. The molecule has 25 heavy (non-hydrogen) atoms.